The molecule has 7 nitrogen and oxygen atoms in total. The molecule has 1 heterocycles. The molecule has 0 aliphatic carbocycles. The minimum Gasteiger partial charge on any atom is -0.491 e. The molecule has 1 atom stereocenters. The average molecular weight is 382 g/mol. The number of benzene rings is 2. The van der Waals surface area contributed by atoms with Gasteiger partial charge in [-0.25, -0.2) is 0 Å². The van der Waals surface area contributed by atoms with E-state index in [4.69, 9.17) is 9.47 Å². The molecule has 1 aliphatic heterocycles. The Morgan fingerprint density at radius 3 is 2.64 bits per heavy atom. The molecule has 0 unspecified atom stereocenters. The zero-order valence-corrected chi connectivity index (χ0v) is 15.6. The van der Waals surface area contributed by atoms with E-state index < -0.39 is 18.5 Å². The van der Waals surface area contributed by atoms with Gasteiger partial charge in [0.1, 0.15) is 12.3 Å². The Balaban J connectivity index is 1.54. The van der Waals surface area contributed by atoms with Gasteiger partial charge in [-0.1, -0.05) is 42.5 Å². The lowest BCUT2D eigenvalue weighted by Crippen LogP contribution is -2.38. The Bertz CT molecular complexity index is 853. The molecule has 1 aliphatic rings. The van der Waals surface area contributed by atoms with Crippen LogP contribution in [0.1, 0.15) is 24.9 Å². The first kappa shape index (κ1) is 19.4. The van der Waals surface area contributed by atoms with Crippen molar-refractivity contribution in [3.8, 4) is 5.75 Å². The summed E-state index contributed by atoms with van der Waals surface area (Å²) in [6.07, 6.45) is 0.164. The molecule has 1 N–H and O–H groups in total. The smallest absolute Gasteiger partial charge is 0.326 e. The number of carbonyl (C=O) groups is 3. The van der Waals surface area contributed by atoms with Gasteiger partial charge in [0.05, 0.1) is 24.8 Å². The summed E-state index contributed by atoms with van der Waals surface area (Å²) in [5.74, 6) is -0.761. The zero-order chi connectivity index (χ0) is 19.9. The third-order valence-corrected chi connectivity index (χ3v) is 4.36. The molecule has 0 bridgehead atoms. The minimum atomic E-state index is -0.660. The molecule has 0 aromatic heterocycles. The number of fused-ring (bicyclic) bond motifs is 1. The van der Waals surface area contributed by atoms with E-state index in [2.05, 4.69) is 5.32 Å². The van der Waals surface area contributed by atoms with Crippen LogP contribution in [0.5, 0.6) is 5.75 Å². The third kappa shape index (κ3) is 4.88. The molecule has 2 aromatic carbocycles. The highest BCUT2D eigenvalue weighted by atomic mass is 16.5. The van der Waals surface area contributed by atoms with Gasteiger partial charge in [0.2, 0.25) is 5.91 Å². The van der Waals surface area contributed by atoms with Crippen LogP contribution in [0.4, 0.5) is 5.69 Å². The van der Waals surface area contributed by atoms with E-state index in [-0.39, 0.29) is 31.5 Å². The number of nitrogens with one attached hydrogen (secondary N) is 1. The van der Waals surface area contributed by atoms with Crippen LogP contribution in [0, 0.1) is 0 Å². The number of anilines is 1. The molecule has 3 rings (SSSR count). The number of rotatable bonds is 6. The van der Waals surface area contributed by atoms with Crippen molar-refractivity contribution < 1.29 is 23.9 Å². The molecule has 7 heteroatoms. The molecule has 0 saturated heterocycles. The number of esters is 1. The maximum Gasteiger partial charge on any atom is 0.326 e. The fourth-order valence-corrected chi connectivity index (χ4v) is 2.92. The first-order valence-corrected chi connectivity index (χ1v) is 9.06. The average Bonchev–Trinajstić information content (AvgIpc) is 2.86. The summed E-state index contributed by atoms with van der Waals surface area (Å²) in [6.45, 7) is 1.42. The van der Waals surface area contributed by atoms with Gasteiger partial charge in [-0.15, -0.1) is 0 Å². The van der Waals surface area contributed by atoms with E-state index in [1.807, 2.05) is 37.3 Å². The Morgan fingerprint density at radius 1 is 1.14 bits per heavy atom. The summed E-state index contributed by atoms with van der Waals surface area (Å²) in [6, 6.07) is 16.3. The van der Waals surface area contributed by atoms with Crippen LogP contribution in [-0.4, -0.2) is 37.5 Å². The Kier molecular flexibility index (Phi) is 6.26. The van der Waals surface area contributed by atoms with E-state index in [9.17, 15) is 14.4 Å². The predicted octanol–water partition coefficient (Wildman–Crippen LogP) is 2.22. The Labute approximate surface area is 163 Å². The van der Waals surface area contributed by atoms with Crippen molar-refractivity contribution >= 4 is 23.5 Å². The lowest BCUT2D eigenvalue weighted by molar-refractivity contribution is -0.147. The lowest BCUT2D eigenvalue weighted by atomic mass is 10.1. The third-order valence-electron chi connectivity index (χ3n) is 4.36. The van der Waals surface area contributed by atoms with Crippen molar-refractivity contribution in [2.75, 3.05) is 24.7 Å². The summed E-state index contributed by atoms with van der Waals surface area (Å²) < 4.78 is 10.6. The Morgan fingerprint density at radius 2 is 1.86 bits per heavy atom. The van der Waals surface area contributed by atoms with E-state index in [1.54, 1.807) is 24.3 Å². The second kappa shape index (κ2) is 9.03. The van der Waals surface area contributed by atoms with Gasteiger partial charge in [0.25, 0.3) is 5.91 Å². The fourth-order valence-electron chi connectivity index (χ4n) is 2.92. The van der Waals surface area contributed by atoms with Crippen LogP contribution >= 0.6 is 0 Å². The van der Waals surface area contributed by atoms with Crippen LogP contribution in [0.15, 0.2) is 54.6 Å². The highest BCUT2D eigenvalue weighted by molar-refractivity contribution is 5.99. The largest absolute Gasteiger partial charge is 0.491 e. The molecule has 0 saturated carbocycles. The second-order valence-corrected chi connectivity index (χ2v) is 6.41. The number of hydrogen-bond donors (Lipinski definition) is 1. The molecule has 2 aromatic rings. The number of carbonyl (C=O) groups excluding carboxylic acids is 3. The van der Waals surface area contributed by atoms with Gasteiger partial charge in [-0.2, -0.15) is 0 Å². The minimum absolute atomic E-state index is 0.164. The van der Waals surface area contributed by atoms with Gasteiger partial charge in [0.15, 0.2) is 6.61 Å². The number of ether oxygens (including phenoxy) is 2. The molecule has 2 amide bonds. The monoisotopic (exact) mass is 382 g/mol. The second-order valence-electron chi connectivity index (χ2n) is 6.41. The van der Waals surface area contributed by atoms with Crippen molar-refractivity contribution in [3.63, 3.8) is 0 Å². The quantitative estimate of drug-likeness (QED) is 0.775. The van der Waals surface area contributed by atoms with Crippen LogP contribution < -0.4 is 15.0 Å². The molecular weight excluding hydrogens is 360 g/mol. The van der Waals surface area contributed by atoms with Crippen molar-refractivity contribution in [3.05, 3.63) is 60.2 Å². The summed E-state index contributed by atoms with van der Waals surface area (Å²) in [5, 5.41) is 2.77. The first-order valence-electron chi connectivity index (χ1n) is 9.06. The number of nitrogens with zero attached hydrogens (tertiary/aromatic N) is 1. The summed E-state index contributed by atoms with van der Waals surface area (Å²) in [4.78, 5) is 37.9. The number of amides is 2. The van der Waals surface area contributed by atoms with Crippen molar-refractivity contribution in [1.82, 2.24) is 5.32 Å². The molecule has 0 radical (unpaired) electrons. The van der Waals surface area contributed by atoms with E-state index in [1.165, 1.54) is 4.90 Å². The predicted molar refractivity (Wildman–Crippen MR) is 103 cm³/mol. The number of para-hydroxylation sites is 2. The van der Waals surface area contributed by atoms with Crippen LogP contribution in [0.2, 0.25) is 0 Å². The SMILES string of the molecule is C[C@H](NC(=O)COC(=O)CN1C(=O)CCOc2ccccc21)c1ccccc1. The van der Waals surface area contributed by atoms with Gasteiger partial charge in [-0.05, 0) is 24.6 Å². The van der Waals surface area contributed by atoms with E-state index >= 15 is 0 Å². The van der Waals surface area contributed by atoms with Crippen LogP contribution in [0.3, 0.4) is 0 Å². The maximum absolute atomic E-state index is 12.3. The fraction of sp³-hybridized carbons (Fsp3) is 0.286. The van der Waals surface area contributed by atoms with Gasteiger partial charge >= 0.3 is 5.97 Å². The molecule has 0 fully saturated rings. The highest BCUT2D eigenvalue weighted by Gasteiger charge is 2.25. The van der Waals surface area contributed by atoms with Crippen molar-refractivity contribution in [2.24, 2.45) is 0 Å². The topological polar surface area (TPSA) is 84.9 Å². The standard InChI is InChI=1S/C21H22N2O5/c1-15(16-7-3-2-4-8-16)22-19(24)14-28-21(26)13-23-17-9-5-6-10-18(17)27-12-11-20(23)25/h2-10,15H,11-14H2,1H3,(H,22,24)/t15-/m0/s1. The maximum atomic E-state index is 12.3. The van der Waals surface area contributed by atoms with Gasteiger partial charge in [-0.3, -0.25) is 19.3 Å². The molecule has 146 valence electrons. The number of hydrogen-bond acceptors (Lipinski definition) is 5. The van der Waals surface area contributed by atoms with Crippen molar-refractivity contribution in [1.29, 1.82) is 0 Å². The molecule has 28 heavy (non-hydrogen) atoms. The van der Waals surface area contributed by atoms with Gasteiger partial charge in [0, 0.05) is 0 Å². The van der Waals surface area contributed by atoms with E-state index in [0.29, 0.717) is 11.4 Å². The normalized spacial score (nSPS) is 14.3. The van der Waals surface area contributed by atoms with Gasteiger partial charge < -0.3 is 14.8 Å². The summed E-state index contributed by atoms with van der Waals surface area (Å²) in [7, 11) is 0. The molecular formula is C21H22N2O5. The highest BCUT2D eigenvalue weighted by Crippen LogP contribution is 2.30. The first-order chi connectivity index (χ1) is 13.5. The molecule has 0 spiro atoms. The van der Waals surface area contributed by atoms with Crippen LogP contribution in [-0.2, 0) is 19.1 Å². The van der Waals surface area contributed by atoms with E-state index in [0.717, 1.165) is 5.56 Å². The Hall–Kier alpha value is -3.35. The lowest BCUT2D eigenvalue weighted by Gasteiger charge is -2.21. The van der Waals surface area contributed by atoms with Crippen LogP contribution in [0.25, 0.3) is 0 Å². The summed E-state index contributed by atoms with van der Waals surface area (Å²) >= 11 is 0. The van der Waals surface area contributed by atoms with Crippen molar-refractivity contribution in [2.45, 2.75) is 19.4 Å². The zero-order valence-electron chi connectivity index (χ0n) is 15.6. The summed E-state index contributed by atoms with van der Waals surface area (Å²) in [5.41, 5.74) is 1.47.